The second-order valence-corrected chi connectivity index (χ2v) is 3.65. The number of rotatable bonds is 2. The van der Waals surface area contributed by atoms with E-state index in [1.807, 2.05) is 19.1 Å². The first-order chi connectivity index (χ1) is 5.66. The Morgan fingerprint density at radius 3 is 2.58 bits per heavy atom. The molecule has 2 N–H and O–H groups in total. The molecule has 0 saturated heterocycles. The van der Waals surface area contributed by atoms with Gasteiger partial charge < -0.3 is 5.21 Å². The van der Waals surface area contributed by atoms with Crippen LogP contribution in [0.15, 0.2) is 16.6 Å². The molecule has 3 heteroatoms. The lowest BCUT2D eigenvalue weighted by molar-refractivity contribution is 0.161. The lowest BCUT2D eigenvalue weighted by Gasteiger charge is -2.08. The number of nitrogens with one attached hydrogen (secondary N) is 1. The molecule has 0 heterocycles. The maximum atomic E-state index is 8.54. The van der Waals surface area contributed by atoms with Crippen molar-refractivity contribution in [3.05, 3.63) is 33.3 Å². The van der Waals surface area contributed by atoms with Crippen LogP contribution in [0.3, 0.4) is 0 Å². The molecular formula is C9H12BrNO. The normalized spacial score (nSPS) is 10.3. The molecule has 1 aromatic carbocycles. The summed E-state index contributed by atoms with van der Waals surface area (Å²) in [5, 5.41) is 8.54. The summed E-state index contributed by atoms with van der Waals surface area (Å²) in [5.41, 5.74) is 5.72. The van der Waals surface area contributed by atoms with Crippen molar-refractivity contribution >= 4 is 15.9 Å². The Kier molecular flexibility index (Phi) is 3.26. The van der Waals surface area contributed by atoms with Crippen molar-refractivity contribution in [3.8, 4) is 0 Å². The van der Waals surface area contributed by atoms with Crippen LogP contribution in [0.2, 0.25) is 0 Å². The molecule has 0 spiro atoms. The van der Waals surface area contributed by atoms with Crippen LogP contribution in [0.1, 0.15) is 16.7 Å². The summed E-state index contributed by atoms with van der Waals surface area (Å²) in [6.45, 7) is 4.60. The SMILES string of the molecule is Cc1c(Br)ccc(CNO)c1C. The Hall–Kier alpha value is -0.380. The highest BCUT2D eigenvalue weighted by atomic mass is 79.9. The Balaban J connectivity index is 3.08. The highest BCUT2D eigenvalue weighted by molar-refractivity contribution is 9.10. The van der Waals surface area contributed by atoms with Gasteiger partial charge in [-0.3, -0.25) is 0 Å². The largest absolute Gasteiger partial charge is 0.316 e. The first-order valence-electron chi connectivity index (χ1n) is 3.78. The zero-order valence-electron chi connectivity index (χ0n) is 7.19. The quantitative estimate of drug-likeness (QED) is 0.765. The number of hydrogen-bond donors (Lipinski definition) is 2. The van der Waals surface area contributed by atoms with E-state index in [1.165, 1.54) is 11.1 Å². The van der Waals surface area contributed by atoms with Gasteiger partial charge in [-0.2, -0.15) is 0 Å². The van der Waals surface area contributed by atoms with E-state index < -0.39 is 0 Å². The first kappa shape index (κ1) is 9.71. The van der Waals surface area contributed by atoms with Gasteiger partial charge in [-0.15, -0.1) is 0 Å². The van der Waals surface area contributed by atoms with Crippen LogP contribution in [-0.4, -0.2) is 5.21 Å². The second kappa shape index (κ2) is 4.03. The summed E-state index contributed by atoms with van der Waals surface area (Å²) in [6.07, 6.45) is 0. The van der Waals surface area contributed by atoms with Gasteiger partial charge in [-0.25, -0.2) is 5.48 Å². The minimum absolute atomic E-state index is 0.500. The van der Waals surface area contributed by atoms with Crippen molar-refractivity contribution in [3.63, 3.8) is 0 Å². The van der Waals surface area contributed by atoms with E-state index in [0.29, 0.717) is 6.54 Å². The van der Waals surface area contributed by atoms with E-state index in [2.05, 4.69) is 28.3 Å². The molecule has 1 rings (SSSR count). The maximum absolute atomic E-state index is 8.54. The summed E-state index contributed by atoms with van der Waals surface area (Å²) in [5.74, 6) is 0. The minimum atomic E-state index is 0.500. The van der Waals surface area contributed by atoms with Crippen molar-refractivity contribution in [1.82, 2.24) is 5.48 Å². The smallest absolute Gasteiger partial charge is 0.0460 e. The van der Waals surface area contributed by atoms with Gasteiger partial charge in [-0.05, 0) is 36.6 Å². The van der Waals surface area contributed by atoms with E-state index >= 15 is 0 Å². The molecule has 0 atom stereocenters. The molecule has 0 fully saturated rings. The molecule has 0 amide bonds. The summed E-state index contributed by atoms with van der Waals surface area (Å²) < 4.78 is 1.11. The Morgan fingerprint density at radius 1 is 1.33 bits per heavy atom. The van der Waals surface area contributed by atoms with Gasteiger partial charge in [0, 0.05) is 11.0 Å². The lowest BCUT2D eigenvalue weighted by Crippen LogP contribution is -2.08. The van der Waals surface area contributed by atoms with Crippen LogP contribution in [0.25, 0.3) is 0 Å². The molecule has 0 aromatic heterocycles. The maximum Gasteiger partial charge on any atom is 0.0460 e. The second-order valence-electron chi connectivity index (χ2n) is 2.79. The molecule has 12 heavy (non-hydrogen) atoms. The fourth-order valence-electron chi connectivity index (χ4n) is 1.12. The van der Waals surface area contributed by atoms with Crippen molar-refractivity contribution < 1.29 is 5.21 Å². The summed E-state index contributed by atoms with van der Waals surface area (Å²) in [6, 6.07) is 3.99. The van der Waals surface area contributed by atoms with E-state index in [4.69, 9.17) is 5.21 Å². The average Bonchev–Trinajstić information content (AvgIpc) is 2.07. The van der Waals surface area contributed by atoms with Crippen molar-refractivity contribution in [2.45, 2.75) is 20.4 Å². The lowest BCUT2D eigenvalue weighted by atomic mass is 10.0. The average molecular weight is 230 g/mol. The van der Waals surface area contributed by atoms with Gasteiger partial charge in [-0.1, -0.05) is 22.0 Å². The molecule has 0 aliphatic heterocycles. The predicted molar refractivity (Wildman–Crippen MR) is 52.2 cm³/mol. The molecule has 0 unspecified atom stereocenters. The van der Waals surface area contributed by atoms with Crippen LogP contribution in [0.5, 0.6) is 0 Å². The van der Waals surface area contributed by atoms with Crippen LogP contribution >= 0.6 is 15.9 Å². The monoisotopic (exact) mass is 229 g/mol. The van der Waals surface area contributed by atoms with Crippen LogP contribution < -0.4 is 5.48 Å². The van der Waals surface area contributed by atoms with E-state index in [-0.39, 0.29) is 0 Å². The van der Waals surface area contributed by atoms with Gasteiger partial charge in [0.15, 0.2) is 0 Å². The topological polar surface area (TPSA) is 32.3 Å². The highest BCUT2D eigenvalue weighted by Gasteiger charge is 2.02. The third-order valence-corrected chi connectivity index (χ3v) is 2.96. The highest BCUT2D eigenvalue weighted by Crippen LogP contribution is 2.22. The molecule has 2 nitrogen and oxygen atoms in total. The third kappa shape index (κ3) is 1.86. The van der Waals surface area contributed by atoms with Crippen molar-refractivity contribution in [1.29, 1.82) is 0 Å². The van der Waals surface area contributed by atoms with Crippen LogP contribution in [0.4, 0.5) is 0 Å². The Bertz CT molecular complexity index is 286. The summed E-state index contributed by atoms with van der Waals surface area (Å²) >= 11 is 3.45. The predicted octanol–water partition coefficient (Wildman–Crippen LogP) is 2.54. The molecule has 0 aliphatic rings. The van der Waals surface area contributed by atoms with Crippen molar-refractivity contribution in [2.24, 2.45) is 0 Å². The van der Waals surface area contributed by atoms with Crippen molar-refractivity contribution in [2.75, 3.05) is 0 Å². The molecule has 0 bridgehead atoms. The van der Waals surface area contributed by atoms with Gasteiger partial charge >= 0.3 is 0 Å². The van der Waals surface area contributed by atoms with Crippen LogP contribution in [-0.2, 0) is 6.54 Å². The molecule has 0 saturated carbocycles. The van der Waals surface area contributed by atoms with Gasteiger partial charge in [0.25, 0.3) is 0 Å². The number of hydrogen-bond acceptors (Lipinski definition) is 2. The standard InChI is InChI=1S/C9H12BrNO/c1-6-7(2)9(10)4-3-8(6)5-11-12/h3-4,11-12H,5H2,1-2H3. The molecule has 0 radical (unpaired) electrons. The number of halogens is 1. The third-order valence-electron chi connectivity index (χ3n) is 2.10. The molecular weight excluding hydrogens is 218 g/mol. The number of hydroxylamine groups is 1. The number of benzene rings is 1. The van der Waals surface area contributed by atoms with Crippen LogP contribution in [0, 0.1) is 13.8 Å². The first-order valence-corrected chi connectivity index (χ1v) is 4.57. The van der Waals surface area contributed by atoms with Gasteiger partial charge in [0.1, 0.15) is 0 Å². The van der Waals surface area contributed by atoms with E-state index in [1.54, 1.807) is 0 Å². The fourth-order valence-corrected chi connectivity index (χ4v) is 1.55. The van der Waals surface area contributed by atoms with Gasteiger partial charge in [0.05, 0.1) is 0 Å². The molecule has 66 valence electrons. The van der Waals surface area contributed by atoms with E-state index in [0.717, 1.165) is 10.0 Å². The zero-order chi connectivity index (χ0) is 9.14. The minimum Gasteiger partial charge on any atom is -0.316 e. The summed E-state index contributed by atoms with van der Waals surface area (Å²) in [4.78, 5) is 0. The Morgan fingerprint density at radius 2 is 2.00 bits per heavy atom. The molecule has 1 aromatic rings. The zero-order valence-corrected chi connectivity index (χ0v) is 8.77. The molecule has 0 aliphatic carbocycles. The van der Waals surface area contributed by atoms with Gasteiger partial charge in [0.2, 0.25) is 0 Å². The Labute approximate surface area is 80.7 Å². The fraction of sp³-hybridized carbons (Fsp3) is 0.333. The summed E-state index contributed by atoms with van der Waals surface area (Å²) in [7, 11) is 0. The van der Waals surface area contributed by atoms with E-state index in [9.17, 15) is 0 Å².